The topological polar surface area (TPSA) is 153 Å². The number of carboxylic acids is 2. The third-order valence-electron chi connectivity index (χ3n) is 9.46. The first-order valence-corrected chi connectivity index (χ1v) is 17.2. The normalized spacial score (nSPS) is 14.0. The van der Waals surface area contributed by atoms with Crippen molar-refractivity contribution >= 4 is 29.5 Å². The predicted molar refractivity (Wildman–Crippen MR) is 200 cm³/mol. The van der Waals surface area contributed by atoms with Gasteiger partial charge in [0.2, 0.25) is 11.8 Å². The number of carboxylic acid groups (broad SMARTS) is 2. The molecule has 0 saturated heterocycles. The van der Waals surface area contributed by atoms with Crippen molar-refractivity contribution in [3.05, 3.63) is 119 Å². The lowest BCUT2D eigenvalue weighted by Crippen LogP contribution is -2.62. The summed E-state index contributed by atoms with van der Waals surface area (Å²) in [6.07, 6.45) is -3.43. The molecule has 0 aromatic heterocycles. The number of ketones is 1. The van der Waals surface area contributed by atoms with Gasteiger partial charge in [-0.2, -0.15) is 13.2 Å². The predicted octanol–water partition coefficient (Wildman–Crippen LogP) is 6.39. The van der Waals surface area contributed by atoms with E-state index in [4.69, 9.17) is 9.90 Å². The molecule has 3 atom stereocenters. The van der Waals surface area contributed by atoms with Crippen LogP contribution in [0.15, 0.2) is 96.6 Å². The van der Waals surface area contributed by atoms with E-state index in [-0.39, 0.29) is 17.3 Å². The van der Waals surface area contributed by atoms with Crippen LogP contribution in [0.25, 0.3) is 0 Å². The van der Waals surface area contributed by atoms with E-state index in [9.17, 15) is 37.5 Å². The van der Waals surface area contributed by atoms with Crippen LogP contribution in [-0.2, 0) is 30.0 Å². The van der Waals surface area contributed by atoms with Crippen LogP contribution < -0.4 is 10.6 Å². The van der Waals surface area contributed by atoms with Gasteiger partial charge in [-0.15, -0.1) is 0 Å². The Morgan fingerprint density at radius 2 is 1.17 bits per heavy atom. The number of aliphatic carboxylic acids is 2. The molecular formula is C41H50F3N3O7. The summed E-state index contributed by atoms with van der Waals surface area (Å²) in [5.74, 6) is -4.96. The minimum absolute atomic E-state index is 0.0657. The van der Waals surface area contributed by atoms with Crippen molar-refractivity contribution < 1.29 is 47.4 Å². The molecule has 0 aliphatic rings. The Morgan fingerprint density at radius 1 is 0.722 bits per heavy atom. The molecule has 3 aromatic carbocycles. The molecule has 0 saturated carbocycles. The second-order valence-electron chi connectivity index (χ2n) is 14.4. The fraction of sp³-hybridized carbons (Fsp3) is 0.390. The molecule has 13 heteroatoms. The minimum atomic E-state index is -5.08. The van der Waals surface area contributed by atoms with Crippen molar-refractivity contribution in [1.29, 1.82) is 0 Å². The molecule has 0 unspecified atom stereocenters. The van der Waals surface area contributed by atoms with Gasteiger partial charge in [0.15, 0.2) is 5.78 Å². The third kappa shape index (κ3) is 11.4. The van der Waals surface area contributed by atoms with Crippen LogP contribution in [0.1, 0.15) is 75.5 Å². The first-order chi connectivity index (χ1) is 25.0. The second kappa shape index (κ2) is 18.8. The van der Waals surface area contributed by atoms with E-state index >= 15 is 0 Å². The maximum absolute atomic E-state index is 14.4. The summed E-state index contributed by atoms with van der Waals surface area (Å²) in [6, 6.07) is 23.7. The average Bonchev–Trinajstić information content (AvgIpc) is 3.10. The lowest BCUT2D eigenvalue weighted by Gasteiger charge is -2.44. The van der Waals surface area contributed by atoms with Gasteiger partial charge in [0, 0.05) is 33.6 Å². The zero-order valence-electron chi connectivity index (χ0n) is 32.0. The van der Waals surface area contributed by atoms with Gasteiger partial charge in [0.05, 0.1) is 12.1 Å². The Morgan fingerprint density at radius 3 is 1.59 bits per heavy atom. The number of rotatable bonds is 14. The summed E-state index contributed by atoms with van der Waals surface area (Å²) >= 11 is 0. The Bertz CT molecular complexity index is 1790. The Kier molecular flexibility index (Phi) is 15.6. The number of likely N-dealkylation sites (N-methyl/N-ethyl adjacent to an activating group) is 2. The van der Waals surface area contributed by atoms with Gasteiger partial charge in [-0.3, -0.25) is 24.6 Å². The molecule has 0 aliphatic carbocycles. The summed E-state index contributed by atoms with van der Waals surface area (Å²) in [5, 5.41) is 22.6. The van der Waals surface area contributed by atoms with Crippen molar-refractivity contribution in [3.63, 3.8) is 0 Å². The minimum Gasteiger partial charge on any atom is -0.478 e. The number of halogens is 3. The monoisotopic (exact) mass is 753 g/mol. The molecule has 2 amide bonds. The van der Waals surface area contributed by atoms with Crippen LogP contribution in [0, 0.1) is 5.92 Å². The smallest absolute Gasteiger partial charge is 0.478 e. The lowest BCUT2D eigenvalue weighted by atomic mass is 9.75. The average molecular weight is 754 g/mol. The highest BCUT2D eigenvalue weighted by Gasteiger charge is 2.44. The van der Waals surface area contributed by atoms with Crippen molar-refractivity contribution in [2.24, 2.45) is 5.92 Å². The number of hydrogen-bond donors (Lipinski definition) is 4. The Hall–Kier alpha value is -5.14. The maximum Gasteiger partial charge on any atom is 0.490 e. The first kappa shape index (κ1) is 45.0. The van der Waals surface area contributed by atoms with E-state index in [1.54, 1.807) is 44.4 Å². The van der Waals surface area contributed by atoms with E-state index in [0.717, 1.165) is 11.1 Å². The molecule has 54 heavy (non-hydrogen) atoms. The molecule has 292 valence electrons. The number of benzene rings is 3. The van der Waals surface area contributed by atoms with Gasteiger partial charge in [-0.25, -0.2) is 9.59 Å². The van der Waals surface area contributed by atoms with Crippen molar-refractivity contribution in [3.8, 4) is 0 Å². The van der Waals surface area contributed by atoms with Gasteiger partial charge in [-0.1, -0.05) is 133 Å². The zero-order chi connectivity index (χ0) is 41.2. The summed E-state index contributed by atoms with van der Waals surface area (Å²) in [7, 11) is 3.48. The maximum atomic E-state index is 14.4. The number of alkyl halides is 3. The summed E-state index contributed by atoms with van der Waals surface area (Å²) in [6.45, 7) is 13.2. The number of carbonyl (C=O) groups excluding carboxylic acids is 3. The van der Waals surface area contributed by atoms with Crippen LogP contribution in [0.3, 0.4) is 0 Å². The highest BCUT2D eigenvalue weighted by Crippen LogP contribution is 2.34. The van der Waals surface area contributed by atoms with E-state index in [1.807, 2.05) is 107 Å². The lowest BCUT2D eigenvalue weighted by molar-refractivity contribution is -0.192. The fourth-order valence-electron chi connectivity index (χ4n) is 6.38. The number of amides is 2. The quantitative estimate of drug-likeness (QED) is 0.108. The highest BCUT2D eigenvalue weighted by molar-refractivity contribution is 6.09. The molecule has 0 heterocycles. The largest absolute Gasteiger partial charge is 0.490 e. The SMILES string of the molecule is CN[C@H](C(=O)NC(=O)[C@@H](N(C)[C@H](/C=C(\C)C(=O)O)C(C)C)C(C)(C)c1ccc(C(=O)c2ccccc2)cc1)C(C)(C)c1ccccc1.O=C(O)C(F)(F)F. The van der Waals surface area contributed by atoms with Gasteiger partial charge in [-0.05, 0) is 38.1 Å². The van der Waals surface area contributed by atoms with Crippen LogP contribution in [0.4, 0.5) is 13.2 Å². The molecular weight excluding hydrogens is 703 g/mol. The number of imide groups is 1. The van der Waals surface area contributed by atoms with Crippen molar-refractivity contribution in [1.82, 2.24) is 15.5 Å². The molecule has 3 rings (SSSR count). The highest BCUT2D eigenvalue weighted by atomic mass is 19.4. The summed E-state index contributed by atoms with van der Waals surface area (Å²) in [4.78, 5) is 64.0. The van der Waals surface area contributed by atoms with Gasteiger partial charge >= 0.3 is 18.1 Å². The molecule has 0 spiro atoms. The molecule has 4 N–H and O–H groups in total. The standard InChI is InChI=1S/C39H49N3O5.C2HF3O2/c1-25(2)31(24-26(3)37(46)47)42(9)34(36(45)41-35(44)33(40-8)38(4,5)29-18-14-11-15-19-29)39(6,7)30-22-20-28(21-23-30)32(43)27-16-12-10-13-17-27;3-2(4,5)1(6)7/h10-25,31,33-34,40H,1-9H3,(H,46,47)(H,41,44,45);(H,6,7)/b26-24+;/t31-,33-,34-;/m1./s1. The van der Waals surface area contributed by atoms with E-state index < -0.39 is 58.9 Å². The molecule has 0 bridgehead atoms. The van der Waals surface area contributed by atoms with Gasteiger partial charge in [0.25, 0.3) is 0 Å². The Balaban J connectivity index is 0.00000131. The summed E-state index contributed by atoms with van der Waals surface area (Å²) in [5.41, 5.74) is 1.42. The van der Waals surface area contributed by atoms with E-state index in [1.165, 1.54) is 6.92 Å². The zero-order valence-corrected chi connectivity index (χ0v) is 32.0. The molecule has 3 aromatic rings. The van der Waals surface area contributed by atoms with Crippen molar-refractivity contribution in [2.45, 2.75) is 83.6 Å². The van der Waals surface area contributed by atoms with Gasteiger partial charge < -0.3 is 15.5 Å². The first-order valence-electron chi connectivity index (χ1n) is 17.2. The van der Waals surface area contributed by atoms with Crippen LogP contribution in [0.2, 0.25) is 0 Å². The van der Waals surface area contributed by atoms with Crippen molar-refractivity contribution in [2.75, 3.05) is 14.1 Å². The number of nitrogens with zero attached hydrogens (tertiary/aromatic N) is 1. The number of carbonyl (C=O) groups is 5. The fourth-order valence-corrected chi connectivity index (χ4v) is 6.38. The van der Waals surface area contributed by atoms with Gasteiger partial charge in [0.1, 0.15) is 0 Å². The second-order valence-corrected chi connectivity index (χ2v) is 14.4. The van der Waals surface area contributed by atoms with Crippen LogP contribution >= 0.6 is 0 Å². The Labute approximate surface area is 314 Å². The molecule has 10 nitrogen and oxygen atoms in total. The summed E-state index contributed by atoms with van der Waals surface area (Å²) < 4.78 is 31.7. The van der Waals surface area contributed by atoms with Crippen LogP contribution in [0.5, 0.6) is 0 Å². The third-order valence-corrected chi connectivity index (χ3v) is 9.46. The molecule has 0 radical (unpaired) electrons. The number of nitrogens with one attached hydrogen (secondary N) is 2. The number of hydrogen-bond acceptors (Lipinski definition) is 7. The molecule has 0 aliphatic heterocycles. The molecule has 0 fully saturated rings. The van der Waals surface area contributed by atoms with Crippen LogP contribution in [-0.4, -0.2) is 83.0 Å². The van der Waals surface area contributed by atoms with E-state index in [0.29, 0.717) is 11.1 Å². The van der Waals surface area contributed by atoms with E-state index in [2.05, 4.69) is 10.6 Å².